The average Bonchev–Trinajstić information content (AvgIpc) is 3.26. The highest BCUT2D eigenvalue weighted by atomic mass is 32.2. The number of amidine groups is 2. The van der Waals surface area contributed by atoms with Gasteiger partial charge in [-0.3, -0.25) is 19.9 Å². The zero-order valence-electron chi connectivity index (χ0n) is 22.2. The van der Waals surface area contributed by atoms with Crippen molar-refractivity contribution in [2.45, 2.75) is 45.3 Å². The molecule has 1 atom stereocenters. The van der Waals surface area contributed by atoms with Crippen molar-refractivity contribution in [3.63, 3.8) is 0 Å². The Labute approximate surface area is 229 Å². The van der Waals surface area contributed by atoms with E-state index in [4.69, 9.17) is 26.0 Å². The number of nitrogen functional groups attached to an aromatic ring is 1. The Morgan fingerprint density at radius 3 is 2.56 bits per heavy atom. The fraction of sp³-hybridized carbons (Fsp3) is 0.393. The summed E-state index contributed by atoms with van der Waals surface area (Å²) in [5.41, 5.74) is 8.27. The molecular formula is C28H35N5O5S. The maximum atomic E-state index is 13.4. The summed E-state index contributed by atoms with van der Waals surface area (Å²) in [6.45, 7) is 5.05. The minimum Gasteiger partial charge on any atom is -0.490 e. The Bertz CT molecular complexity index is 1380. The molecule has 0 amide bonds. The van der Waals surface area contributed by atoms with Crippen LogP contribution in [0.2, 0.25) is 0 Å². The lowest BCUT2D eigenvalue weighted by Crippen LogP contribution is -2.40. The lowest BCUT2D eigenvalue weighted by molar-refractivity contribution is -0.139. The van der Waals surface area contributed by atoms with E-state index in [9.17, 15) is 13.2 Å². The van der Waals surface area contributed by atoms with E-state index in [0.29, 0.717) is 29.3 Å². The van der Waals surface area contributed by atoms with Crippen LogP contribution >= 0.6 is 0 Å². The van der Waals surface area contributed by atoms with E-state index in [1.807, 2.05) is 17.0 Å². The van der Waals surface area contributed by atoms with Crippen LogP contribution < -0.4 is 14.8 Å². The maximum Gasteiger partial charge on any atom is 0.323 e. The molecule has 39 heavy (non-hydrogen) atoms. The molecule has 0 spiro atoms. The Balaban J connectivity index is 1.59. The van der Waals surface area contributed by atoms with Gasteiger partial charge in [0.05, 0.1) is 24.2 Å². The summed E-state index contributed by atoms with van der Waals surface area (Å²) in [4.78, 5) is 14.2. The molecule has 2 aliphatic rings. The van der Waals surface area contributed by atoms with E-state index in [0.717, 1.165) is 37.1 Å². The Hall–Kier alpha value is -3.86. The molecule has 0 bridgehead atoms. The number of fused-ring (bicyclic) bond motifs is 1. The van der Waals surface area contributed by atoms with Gasteiger partial charge in [-0.25, -0.2) is 8.42 Å². The van der Waals surface area contributed by atoms with Gasteiger partial charge < -0.3 is 20.1 Å². The number of nitrogens with one attached hydrogen (secondary N) is 2. The Morgan fingerprint density at radius 1 is 1.15 bits per heavy atom. The number of ether oxygens (including phenoxy) is 2. The fourth-order valence-electron chi connectivity index (χ4n) is 4.96. The monoisotopic (exact) mass is 553 g/mol. The van der Waals surface area contributed by atoms with Crippen LogP contribution in [0.3, 0.4) is 0 Å². The summed E-state index contributed by atoms with van der Waals surface area (Å²) in [5, 5.41) is 15.5. The highest BCUT2D eigenvalue weighted by Gasteiger charge is 2.38. The number of likely N-dealkylation sites (tertiary alicyclic amines) is 1. The second kappa shape index (κ2) is 11.9. The molecule has 10 nitrogen and oxygen atoms in total. The number of hydrogen-bond donors (Lipinski definition) is 3. The second-order valence-corrected chi connectivity index (χ2v) is 11.6. The fourth-order valence-corrected chi connectivity index (χ4v) is 6.51. The first-order valence-corrected chi connectivity index (χ1v) is 14.6. The third-order valence-electron chi connectivity index (χ3n) is 6.85. The van der Waals surface area contributed by atoms with Crippen LogP contribution in [0.4, 0.5) is 5.69 Å². The first-order chi connectivity index (χ1) is 18.6. The number of hydrogen-bond acceptors (Lipinski definition) is 7. The van der Waals surface area contributed by atoms with Gasteiger partial charge in [-0.1, -0.05) is 30.4 Å². The van der Waals surface area contributed by atoms with E-state index in [-0.39, 0.29) is 18.5 Å². The van der Waals surface area contributed by atoms with E-state index in [1.165, 1.54) is 4.31 Å². The van der Waals surface area contributed by atoms with Gasteiger partial charge in [0.25, 0.3) is 0 Å². The van der Waals surface area contributed by atoms with Gasteiger partial charge in [-0.05, 0) is 55.7 Å². The summed E-state index contributed by atoms with van der Waals surface area (Å²) in [5.74, 6) is -0.381. The zero-order chi connectivity index (χ0) is 28.2. The number of piperidine rings is 1. The molecule has 0 radical (unpaired) electrons. The predicted molar refractivity (Wildman–Crippen MR) is 152 cm³/mol. The molecule has 2 heterocycles. The molecular weight excluding hydrogens is 518 g/mol. The highest BCUT2D eigenvalue weighted by Crippen LogP contribution is 2.38. The highest BCUT2D eigenvalue weighted by molar-refractivity contribution is 7.93. The molecule has 2 aromatic carbocycles. The summed E-state index contributed by atoms with van der Waals surface area (Å²) < 4.78 is 39.3. The SMILES string of the molecule is CCOC(=O)CS(=O)(=O)N1c2ccc(OC3CCN(C(C)=N)CC3)cc2CC1C=Cc1cccc(C(=N)N)c1. The third kappa shape index (κ3) is 6.78. The molecule has 1 unspecified atom stereocenters. The summed E-state index contributed by atoms with van der Waals surface area (Å²) >= 11 is 0. The number of nitrogens with zero attached hydrogens (tertiary/aromatic N) is 2. The topological polar surface area (TPSA) is 150 Å². The van der Waals surface area contributed by atoms with Crippen molar-refractivity contribution in [3.05, 3.63) is 65.2 Å². The number of anilines is 1. The van der Waals surface area contributed by atoms with Crippen molar-refractivity contribution < 1.29 is 22.7 Å². The zero-order valence-corrected chi connectivity index (χ0v) is 23.0. The largest absolute Gasteiger partial charge is 0.490 e. The number of sulfonamides is 1. The van der Waals surface area contributed by atoms with Crippen LogP contribution in [0.15, 0.2) is 48.5 Å². The van der Waals surface area contributed by atoms with Crippen molar-refractivity contribution in [1.82, 2.24) is 4.90 Å². The molecule has 4 rings (SSSR count). The Morgan fingerprint density at radius 2 is 1.90 bits per heavy atom. The van der Waals surface area contributed by atoms with Crippen LogP contribution in [0.1, 0.15) is 43.4 Å². The number of carbonyl (C=O) groups is 1. The normalized spacial score (nSPS) is 17.7. The number of rotatable bonds is 9. The standard InChI is InChI=1S/C28H35N5O5S/c1-3-37-27(34)18-39(35,36)33-23(8-7-20-5-4-6-21(15-20)28(30)31)16-22-17-25(9-10-26(22)33)38-24-11-13-32(14-12-24)19(2)29/h4-10,15,17,23-24,29H,3,11-14,16,18H2,1-2H3,(H3,30,31). The lowest BCUT2D eigenvalue weighted by atomic mass is 10.1. The number of esters is 1. The molecule has 2 aromatic rings. The molecule has 0 saturated carbocycles. The van der Waals surface area contributed by atoms with Gasteiger partial charge in [0.15, 0.2) is 5.75 Å². The Kier molecular flexibility index (Phi) is 8.59. The van der Waals surface area contributed by atoms with Gasteiger partial charge in [0, 0.05) is 31.5 Å². The molecule has 2 aliphatic heterocycles. The van der Waals surface area contributed by atoms with Crippen molar-refractivity contribution in [2.75, 3.05) is 29.8 Å². The van der Waals surface area contributed by atoms with Gasteiger partial charge in [-0.2, -0.15) is 0 Å². The number of benzene rings is 2. The average molecular weight is 554 g/mol. The van der Waals surface area contributed by atoms with Crippen molar-refractivity contribution in [3.8, 4) is 5.75 Å². The van der Waals surface area contributed by atoms with Crippen molar-refractivity contribution in [2.24, 2.45) is 5.73 Å². The van der Waals surface area contributed by atoms with Crippen LogP contribution in [0.5, 0.6) is 5.75 Å². The van der Waals surface area contributed by atoms with Gasteiger partial charge >= 0.3 is 5.97 Å². The lowest BCUT2D eigenvalue weighted by Gasteiger charge is -2.32. The number of nitrogens with two attached hydrogens (primary N) is 1. The van der Waals surface area contributed by atoms with Crippen molar-refractivity contribution in [1.29, 1.82) is 10.8 Å². The minimum absolute atomic E-state index is 0.0212. The molecule has 208 valence electrons. The van der Waals surface area contributed by atoms with E-state index < -0.39 is 27.8 Å². The van der Waals surface area contributed by atoms with Crippen LogP contribution in [0.25, 0.3) is 6.08 Å². The van der Waals surface area contributed by atoms with E-state index >= 15 is 0 Å². The molecule has 0 aliphatic carbocycles. The molecule has 4 N–H and O–H groups in total. The van der Waals surface area contributed by atoms with Crippen LogP contribution in [-0.4, -0.2) is 68.6 Å². The molecule has 11 heteroatoms. The van der Waals surface area contributed by atoms with Crippen LogP contribution in [0, 0.1) is 10.8 Å². The third-order valence-corrected chi connectivity index (χ3v) is 8.52. The molecule has 1 fully saturated rings. The quantitative estimate of drug-likeness (QED) is 0.245. The van der Waals surface area contributed by atoms with E-state index in [1.54, 1.807) is 56.3 Å². The van der Waals surface area contributed by atoms with Gasteiger partial charge in [-0.15, -0.1) is 0 Å². The van der Waals surface area contributed by atoms with Crippen molar-refractivity contribution >= 4 is 39.4 Å². The predicted octanol–water partition coefficient (Wildman–Crippen LogP) is 3.15. The first kappa shape index (κ1) is 28.2. The second-order valence-electron chi connectivity index (χ2n) is 9.71. The number of carbonyl (C=O) groups excluding carboxylic acids is 1. The summed E-state index contributed by atoms with van der Waals surface area (Å²) in [6.07, 6.45) is 5.62. The summed E-state index contributed by atoms with van der Waals surface area (Å²) in [7, 11) is -4.04. The van der Waals surface area contributed by atoms with Gasteiger partial charge in [0.1, 0.15) is 17.7 Å². The molecule has 0 aromatic heterocycles. The molecule has 1 saturated heterocycles. The summed E-state index contributed by atoms with van der Waals surface area (Å²) in [6, 6.07) is 11.9. The smallest absolute Gasteiger partial charge is 0.323 e. The maximum absolute atomic E-state index is 13.4. The van der Waals surface area contributed by atoms with Gasteiger partial charge in [0.2, 0.25) is 10.0 Å². The van der Waals surface area contributed by atoms with Crippen LogP contribution in [-0.2, 0) is 26.0 Å². The van der Waals surface area contributed by atoms with E-state index in [2.05, 4.69) is 0 Å². The minimum atomic E-state index is -4.04. The first-order valence-electron chi connectivity index (χ1n) is 13.0.